The summed E-state index contributed by atoms with van der Waals surface area (Å²) in [6, 6.07) is 8.04. The molecular formula is C19H20O7. The lowest BCUT2D eigenvalue weighted by atomic mass is 9.90. The largest absolute Gasteiger partial charge is 0.504 e. The molecule has 2 N–H and O–H groups in total. The van der Waals surface area contributed by atoms with Gasteiger partial charge in [0.2, 0.25) is 0 Å². The summed E-state index contributed by atoms with van der Waals surface area (Å²) in [7, 11) is 4.23. The molecule has 0 saturated carbocycles. The minimum absolute atomic E-state index is 0.0119. The van der Waals surface area contributed by atoms with Crippen molar-refractivity contribution in [2.45, 2.75) is 12.0 Å². The SMILES string of the molecule is COC(=O)c1cc(OC)c2c(c1)[C@H](CO)[C@@H](c1ccc(O)c(OC)c1)O2. The molecule has 0 radical (unpaired) electrons. The Balaban J connectivity index is 2.07. The highest BCUT2D eigenvalue weighted by Crippen LogP contribution is 2.51. The van der Waals surface area contributed by atoms with E-state index in [4.69, 9.17) is 18.9 Å². The number of aliphatic hydroxyl groups excluding tert-OH is 1. The molecule has 0 bridgehead atoms. The number of phenolic OH excluding ortho intramolecular Hbond substituents is 1. The van der Waals surface area contributed by atoms with Crippen molar-refractivity contribution in [3.8, 4) is 23.0 Å². The molecule has 1 heterocycles. The number of rotatable bonds is 5. The smallest absolute Gasteiger partial charge is 0.337 e. The normalized spacial score (nSPS) is 18.0. The first-order valence-electron chi connectivity index (χ1n) is 7.98. The van der Waals surface area contributed by atoms with Crippen LogP contribution in [0.3, 0.4) is 0 Å². The first kappa shape index (κ1) is 17.9. The van der Waals surface area contributed by atoms with Crippen LogP contribution in [0.2, 0.25) is 0 Å². The number of hydrogen-bond acceptors (Lipinski definition) is 7. The van der Waals surface area contributed by atoms with Crippen molar-refractivity contribution in [1.29, 1.82) is 0 Å². The average molecular weight is 360 g/mol. The minimum Gasteiger partial charge on any atom is -0.504 e. The van der Waals surface area contributed by atoms with E-state index in [1.807, 2.05) is 0 Å². The third kappa shape index (κ3) is 2.90. The molecule has 0 amide bonds. The highest BCUT2D eigenvalue weighted by Gasteiger charge is 2.38. The summed E-state index contributed by atoms with van der Waals surface area (Å²) >= 11 is 0. The highest BCUT2D eigenvalue weighted by atomic mass is 16.5. The number of hydrogen-bond donors (Lipinski definition) is 2. The minimum atomic E-state index is -0.522. The molecule has 0 fully saturated rings. The van der Waals surface area contributed by atoms with Gasteiger partial charge >= 0.3 is 5.97 Å². The van der Waals surface area contributed by atoms with E-state index in [1.54, 1.807) is 24.3 Å². The van der Waals surface area contributed by atoms with E-state index < -0.39 is 18.0 Å². The molecule has 0 saturated heterocycles. The number of fused-ring (bicyclic) bond motifs is 1. The van der Waals surface area contributed by atoms with E-state index in [0.717, 1.165) is 5.56 Å². The van der Waals surface area contributed by atoms with Gasteiger partial charge in [0.1, 0.15) is 6.10 Å². The standard InChI is InChI=1S/C19H20O7/c1-23-15-7-10(4-5-14(15)21)17-13(9-20)12-6-11(19(22)25-3)8-16(24-2)18(12)26-17/h4-8,13,17,20-21H,9H2,1-3H3/t13-,17+/m0/s1. The molecule has 2 aromatic rings. The Bertz CT molecular complexity index is 831. The lowest BCUT2D eigenvalue weighted by Crippen LogP contribution is -2.13. The van der Waals surface area contributed by atoms with E-state index >= 15 is 0 Å². The second-order valence-corrected chi connectivity index (χ2v) is 5.85. The number of phenols is 1. The molecule has 0 unspecified atom stereocenters. The lowest BCUT2D eigenvalue weighted by molar-refractivity contribution is 0.0600. The summed E-state index contributed by atoms with van der Waals surface area (Å²) < 4.78 is 21.3. The summed E-state index contributed by atoms with van der Waals surface area (Å²) in [5, 5.41) is 19.8. The zero-order valence-corrected chi connectivity index (χ0v) is 14.7. The maximum absolute atomic E-state index is 11.9. The van der Waals surface area contributed by atoms with Crippen molar-refractivity contribution in [3.05, 3.63) is 47.0 Å². The Kier molecular flexibility index (Phi) is 4.90. The molecule has 26 heavy (non-hydrogen) atoms. The molecule has 0 aliphatic carbocycles. The Labute approximate surface area is 150 Å². The molecule has 3 rings (SSSR count). The highest BCUT2D eigenvalue weighted by molar-refractivity contribution is 5.90. The number of aromatic hydroxyl groups is 1. The zero-order chi connectivity index (χ0) is 18.8. The maximum Gasteiger partial charge on any atom is 0.337 e. The van der Waals surface area contributed by atoms with Gasteiger partial charge < -0.3 is 29.2 Å². The van der Waals surface area contributed by atoms with Crippen LogP contribution >= 0.6 is 0 Å². The third-order valence-electron chi connectivity index (χ3n) is 4.46. The van der Waals surface area contributed by atoms with E-state index in [0.29, 0.717) is 28.4 Å². The number of carbonyl (C=O) groups is 1. The molecule has 1 aliphatic heterocycles. The number of aliphatic hydroxyl groups is 1. The first-order chi connectivity index (χ1) is 12.5. The van der Waals surface area contributed by atoms with Gasteiger partial charge in [0.15, 0.2) is 23.0 Å². The van der Waals surface area contributed by atoms with E-state index in [-0.39, 0.29) is 12.4 Å². The predicted octanol–water partition coefficient (Wildman–Crippen LogP) is 2.41. The van der Waals surface area contributed by atoms with Crippen LogP contribution in [0, 0.1) is 0 Å². The molecular weight excluding hydrogens is 340 g/mol. The van der Waals surface area contributed by atoms with Crippen LogP contribution in [0.5, 0.6) is 23.0 Å². The van der Waals surface area contributed by atoms with Gasteiger partial charge in [0, 0.05) is 5.56 Å². The summed E-state index contributed by atoms with van der Waals surface area (Å²) in [4.78, 5) is 11.9. The summed E-state index contributed by atoms with van der Waals surface area (Å²) in [5.41, 5.74) is 1.69. The number of methoxy groups -OCH3 is 3. The Hall–Kier alpha value is -2.93. The van der Waals surface area contributed by atoms with Crippen LogP contribution in [0.15, 0.2) is 30.3 Å². The average Bonchev–Trinajstić information content (AvgIpc) is 3.05. The molecule has 1 aliphatic rings. The summed E-state index contributed by atoms with van der Waals surface area (Å²) in [5.74, 6) is 0.250. The maximum atomic E-state index is 11.9. The topological polar surface area (TPSA) is 94.5 Å². The Morgan fingerprint density at radius 2 is 1.85 bits per heavy atom. The van der Waals surface area contributed by atoms with Crippen LogP contribution in [0.25, 0.3) is 0 Å². The van der Waals surface area contributed by atoms with Crippen molar-refractivity contribution in [1.82, 2.24) is 0 Å². The van der Waals surface area contributed by atoms with Crippen molar-refractivity contribution in [2.24, 2.45) is 0 Å². The lowest BCUT2D eigenvalue weighted by Gasteiger charge is -2.18. The molecule has 7 heteroatoms. The van der Waals surface area contributed by atoms with Crippen LogP contribution in [-0.2, 0) is 4.74 Å². The van der Waals surface area contributed by atoms with E-state index in [2.05, 4.69) is 0 Å². The fourth-order valence-electron chi connectivity index (χ4n) is 3.15. The van der Waals surface area contributed by atoms with E-state index in [9.17, 15) is 15.0 Å². The van der Waals surface area contributed by atoms with Crippen LogP contribution in [-0.4, -0.2) is 44.1 Å². The van der Waals surface area contributed by atoms with Gasteiger partial charge in [0.25, 0.3) is 0 Å². The number of esters is 1. The quantitative estimate of drug-likeness (QED) is 0.791. The number of carbonyl (C=O) groups excluding carboxylic acids is 1. The van der Waals surface area contributed by atoms with Crippen molar-refractivity contribution < 1.29 is 34.0 Å². The van der Waals surface area contributed by atoms with Gasteiger partial charge in [-0.15, -0.1) is 0 Å². The Morgan fingerprint density at radius 1 is 1.12 bits per heavy atom. The fourth-order valence-corrected chi connectivity index (χ4v) is 3.15. The number of ether oxygens (including phenoxy) is 4. The van der Waals surface area contributed by atoms with Gasteiger partial charge in [-0.05, 0) is 29.8 Å². The zero-order valence-electron chi connectivity index (χ0n) is 14.7. The first-order valence-corrected chi connectivity index (χ1v) is 7.98. The van der Waals surface area contributed by atoms with Gasteiger partial charge in [-0.2, -0.15) is 0 Å². The monoisotopic (exact) mass is 360 g/mol. The molecule has 0 spiro atoms. The second-order valence-electron chi connectivity index (χ2n) is 5.85. The van der Waals surface area contributed by atoms with Gasteiger partial charge in [-0.3, -0.25) is 0 Å². The molecule has 2 atom stereocenters. The van der Waals surface area contributed by atoms with Crippen LogP contribution in [0.4, 0.5) is 0 Å². The van der Waals surface area contributed by atoms with Gasteiger partial charge in [-0.1, -0.05) is 6.07 Å². The molecule has 7 nitrogen and oxygen atoms in total. The third-order valence-corrected chi connectivity index (χ3v) is 4.46. The Morgan fingerprint density at radius 3 is 2.46 bits per heavy atom. The number of benzene rings is 2. The van der Waals surface area contributed by atoms with E-state index in [1.165, 1.54) is 27.4 Å². The van der Waals surface area contributed by atoms with Crippen LogP contribution < -0.4 is 14.2 Å². The van der Waals surface area contributed by atoms with Crippen molar-refractivity contribution >= 4 is 5.97 Å². The summed E-state index contributed by atoms with van der Waals surface area (Å²) in [6.45, 7) is -0.200. The van der Waals surface area contributed by atoms with Gasteiger partial charge in [0.05, 0.1) is 39.4 Å². The molecule has 138 valence electrons. The van der Waals surface area contributed by atoms with Crippen LogP contribution in [0.1, 0.15) is 33.5 Å². The molecule has 0 aromatic heterocycles. The predicted molar refractivity (Wildman–Crippen MR) is 92.2 cm³/mol. The second kappa shape index (κ2) is 7.13. The summed E-state index contributed by atoms with van der Waals surface area (Å²) in [6.07, 6.45) is -0.522. The van der Waals surface area contributed by atoms with Crippen molar-refractivity contribution in [2.75, 3.05) is 27.9 Å². The fraction of sp³-hybridized carbons (Fsp3) is 0.316. The molecule has 2 aromatic carbocycles. The van der Waals surface area contributed by atoms with Gasteiger partial charge in [-0.25, -0.2) is 4.79 Å². The van der Waals surface area contributed by atoms with Crippen molar-refractivity contribution in [3.63, 3.8) is 0 Å².